The molecule has 2 aromatic rings. The van der Waals surface area contributed by atoms with Gasteiger partial charge in [-0.3, -0.25) is 4.68 Å². The zero-order valence-corrected chi connectivity index (χ0v) is 12.0. The van der Waals surface area contributed by atoms with Crippen LogP contribution in [0.2, 0.25) is 5.02 Å². The predicted octanol–water partition coefficient (Wildman–Crippen LogP) is 3.76. The Kier molecular flexibility index (Phi) is 3.74. The summed E-state index contributed by atoms with van der Waals surface area (Å²) >= 11 is 9.37. The van der Waals surface area contributed by atoms with Crippen LogP contribution < -0.4 is 5.32 Å². The minimum Gasteiger partial charge on any atom is -0.380 e. The van der Waals surface area contributed by atoms with Gasteiger partial charge >= 0.3 is 0 Å². The lowest BCUT2D eigenvalue weighted by molar-refractivity contribution is 0.756. The molecule has 0 aliphatic rings. The molecular formula is C12H13BrClN3. The highest BCUT2D eigenvalue weighted by atomic mass is 79.9. The Bertz CT molecular complexity index is 537. The molecule has 0 fully saturated rings. The Morgan fingerprint density at radius 1 is 1.47 bits per heavy atom. The molecule has 1 aromatic heterocycles. The average molecular weight is 315 g/mol. The second kappa shape index (κ2) is 5.10. The number of aromatic nitrogens is 2. The second-order valence-electron chi connectivity index (χ2n) is 3.89. The van der Waals surface area contributed by atoms with Crippen LogP contribution >= 0.6 is 27.5 Å². The van der Waals surface area contributed by atoms with E-state index in [0.717, 1.165) is 27.4 Å². The summed E-state index contributed by atoms with van der Waals surface area (Å²) in [4.78, 5) is 0. The number of hydrogen-bond donors (Lipinski definition) is 1. The molecule has 3 nitrogen and oxygen atoms in total. The largest absolute Gasteiger partial charge is 0.380 e. The maximum atomic E-state index is 5.89. The number of nitrogens with zero attached hydrogens (tertiary/aromatic N) is 2. The van der Waals surface area contributed by atoms with Crippen molar-refractivity contribution < 1.29 is 0 Å². The van der Waals surface area contributed by atoms with Crippen molar-refractivity contribution in [3.8, 4) is 0 Å². The molecule has 1 aromatic carbocycles. The molecule has 2 rings (SSSR count). The average Bonchev–Trinajstić information content (AvgIpc) is 2.56. The first-order valence-corrected chi connectivity index (χ1v) is 6.41. The quantitative estimate of drug-likeness (QED) is 0.935. The van der Waals surface area contributed by atoms with Crippen LogP contribution in [0.5, 0.6) is 0 Å². The summed E-state index contributed by atoms with van der Waals surface area (Å²) in [6.07, 6.45) is 2.02. The van der Waals surface area contributed by atoms with Crippen molar-refractivity contribution in [2.45, 2.75) is 13.5 Å². The third-order valence-corrected chi connectivity index (χ3v) is 3.41. The number of anilines is 1. The normalized spacial score (nSPS) is 10.6. The van der Waals surface area contributed by atoms with Crippen molar-refractivity contribution in [2.75, 3.05) is 5.32 Å². The van der Waals surface area contributed by atoms with Crippen LogP contribution in [0.4, 0.5) is 5.69 Å². The fraction of sp³-hybridized carbons (Fsp3) is 0.250. The second-order valence-corrected chi connectivity index (χ2v) is 5.18. The Hall–Kier alpha value is -1.000. The van der Waals surface area contributed by atoms with Crippen LogP contribution in [0.15, 0.2) is 28.9 Å². The van der Waals surface area contributed by atoms with Gasteiger partial charge in [0.25, 0.3) is 0 Å². The number of benzene rings is 1. The fourth-order valence-corrected chi connectivity index (χ4v) is 2.47. The van der Waals surface area contributed by atoms with Gasteiger partial charge in [0.15, 0.2) is 0 Å². The van der Waals surface area contributed by atoms with Gasteiger partial charge in [0.2, 0.25) is 0 Å². The molecule has 0 amide bonds. The molecule has 0 radical (unpaired) electrons. The molecule has 0 aliphatic carbocycles. The lowest BCUT2D eigenvalue weighted by atomic mass is 10.2. The third kappa shape index (κ3) is 3.01. The summed E-state index contributed by atoms with van der Waals surface area (Å²) in [5.41, 5.74) is 3.26. The minimum absolute atomic E-state index is 0.722. The van der Waals surface area contributed by atoms with Crippen molar-refractivity contribution >= 4 is 33.2 Å². The van der Waals surface area contributed by atoms with Gasteiger partial charge in [0.05, 0.1) is 5.69 Å². The zero-order valence-electron chi connectivity index (χ0n) is 9.67. The molecule has 0 spiro atoms. The molecule has 0 saturated heterocycles. The van der Waals surface area contributed by atoms with Gasteiger partial charge < -0.3 is 5.32 Å². The number of aryl methyl sites for hydroxylation is 2. The molecule has 0 saturated carbocycles. The minimum atomic E-state index is 0.722. The van der Waals surface area contributed by atoms with E-state index in [4.69, 9.17) is 11.6 Å². The van der Waals surface area contributed by atoms with E-state index in [1.165, 1.54) is 5.56 Å². The molecule has 5 heteroatoms. The van der Waals surface area contributed by atoms with E-state index < -0.39 is 0 Å². The fourth-order valence-electron chi connectivity index (χ4n) is 1.65. The topological polar surface area (TPSA) is 29.9 Å². The van der Waals surface area contributed by atoms with Crippen LogP contribution in [-0.4, -0.2) is 9.78 Å². The molecule has 17 heavy (non-hydrogen) atoms. The number of halogens is 2. The molecule has 0 bridgehead atoms. The monoisotopic (exact) mass is 313 g/mol. The SMILES string of the molecule is Cc1nn(C)cc1CNc1ccc(Cl)cc1Br. The summed E-state index contributed by atoms with van der Waals surface area (Å²) in [7, 11) is 1.93. The van der Waals surface area contributed by atoms with E-state index >= 15 is 0 Å². The van der Waals surface area contributed by atoms with Crippen molar-refractivity contribution in [2.24, 2.45) is 7.05 Å². The van der Waals surface area contributed by atoms with Gasteiger partial charge in [-0.2, -0.15) is 5.10 Å². The molecule has 0 aliphatic heterocycles. The number of nitrogens with one attached hydrogen (secondary N) is 1. The van der Waals surface area contributed by atoms with Gasteiger partial charge in [-0.15, -0.1) is 0 Å². The zero-order chi connectivity index (χ0) is 12.4. The maximum absolute atomic E-state index is 5.89. The van der Waals surface area contributed by atoms with Gasteiger partial charge in [-0.25, -0.2) is 0 Å². The summed E-state index contributed by atoms with van der Waals surface area (Å²) in [6, 6.07) is 5.70. The van der Waals surface area contributed by atoms with E-state index in [2.05, 4.69) is 26.3 Å². The van der Waals surface area contributed by atoms with E-state index in [9.17, 15) is 0 Å². The first-order chi connectivity index (χ1) is 8.06. The third-order valence-electron chi connectivity index (χ3n) is 2.52. The van der Waals surface area contributed by atoms with Crippen LogP contribution in [0.3, 0.4) is 0 Å². The van der Waals surface area contributed by atoms with Crippen molar-refractivity contribution in [3.63, 3.8) is 0 Å². The number of rotatable bonds is 3. The van der Waals surface area contributed by atoms with E-state index in [1.807, 2.05) is 43.0 Å². The smallest absolute Gasteiger partial charge is 0.0643 e. The Balaban J connectivity index is 2.10. The highest BCUT2D eigenvalue weighted by Gasteiger charge is 2.04. The first-order valence-electron chi connectivity index (χ1n) is 5.24. The van der Waals surface area contributed by atoms with E-state index in [1.54, 1.807) is 0 Å². The summed E-state index contributed by atoms with van der Waals surface area (Å²) in [5.74, 6) is 0. The van der Waals surface area contributed by atoms with E-state index in [-0.39, 0.29) is 0 Å². The van der Waals surface area contributed by atoms with Gasteiger partial charge in [-0.05, 0) is 41.1 Å². The lowest BCUT2D eigenvalue weighted by Gasteiger charge is -2.08. The molecule has 1 N–H and O–H groups in total. The standard InChI is InChI=1S/C12H13BrClN3/c1-8-9(7-17(2)16-8)6-15-12-4-3-10(14)5-11(12)13/h3-5,7,15H,6H2,1-2H3. The highest BCUT2D eigenvalue weighted by Crippen LogP contribution is 2.26. The molecule has 0 atom stereocenters. The lowest BCUT2D eigenvalue weighted by Crippen LogP contribution is -2.00. The van der Waals surface area contributed by atoms with Crippen LogP contribution in [0.1, 0.15) is 11.3 Å². The van der Waals surface area contributed by atoms with Crippen LogP contribution in [-0.2, 0) is 13.6 Å². The van der Waals surface area contributed by atoms with Crippen molar-refractivity contribution in [3.05, 3.63) is 45.1 Å². The Morgan fingerprint density at radius 3 is 2.82 bits per heavy atom. The van der Waals surface area contributed by atoms with Gasteiger partial charge in [0.1, 0.15) is 0 Å². The summed E-state index contributed by atoms with van der Waals surface area (Å²) < 4.78 is 2.79. The maximum Gasteiger partial charge on any atom is 0.0643 e. The van der Waals surface area contributed by atoms with Crippen molar-refractivity contribution in [1.29, 1.82) is 0 Å². The molecule has 1 heterocycles. The van der Waals surface area contributed by atoms with Crippen LogP contribution in [0.25, 0.3) is 0 Å². The van der Waals surface area contributed by atoms with E-state index in [0.29, 0.717) is 0 Å². The number of hydrogen-bond acceptors (Lipinski definition) is 2. The summed E-state index contributed by atoms with van der Waals surface area (Å²) in [6.45, 7) is 2.76. The Morgan fingerprint density at radius 2 is 2.24 bits per heavy atom. The summed E-state index contributed by atoms with van der Waals surface area (Å²) in [5, 5.41) is 8.38. The molecular weight excluding hydrogens is 302 g/mol. The molecule has 0 unspecified atom stereocenters. The Labute approximate surface area is 114 Å². The first kappa shape index (κ1) is 12.5. The van der Waals surface area contributed by atoms with Crippen molar-refractivity contribution in [1.82, 2.24) is 9.78 Å². The van der Waals surface area contributed by atoms with Gasteiger partial charge in [-0.1, -0.05) is 11.6 Å². The molecule has 90 valence electrons. The van der Waals surface area contributed by atoms with Gasteiger partial charge in [0, 0.05) is 40.5 Å². The van der Waals surface area contributed by atoms with Crippen LogP contribution in [0, 0.1) is 6.92 Å². The predicted molar refractivity (Wildman–Crippen MR) is 74.4 cm³/mol. The highest BCUT2D eigenvalue weighted by molar-refractivity contribution is 9.10.